The summed E-state index contributed by atoms with van der Waals surface area (Å²) in [4.78, 5) is 22.1. The predicted molar refractivity (Wildman–Crippen MR) is 116 cm³/mol. The van der Waals surface area contributed by atoms with E-state index in [1.807, 2.05) is 31.3 Å². The lowest BCUT2D eigenvalue weighted by atomic mass is 10.0. The summed E-state index contributed by atoms with van der Waals surface area (Å²) in [5, 5.41) is 0.793. The highest BCUT2D eigenvalue weighted by molar-refractivity contribution is 6.07. The highest BCUT2D eigenvalue weighted by atomic mass is 19.3. The van der Waals surface area contributed by atoms with Crippen molar-refractivity contribution in [2.45, 2.75) is 19.5 Å². The average Bonchev–Trinajstić information content (AvgIpc) is 3.30. The number of alkyl halides is 2. The van der Waals surface area contributed by atoms with Crippen LogP contribution in [-0.2, 0) is 0 Å². The van der Waals surface area contributed by atoms with Gasteiger partial charge in [-0.2, -0.15) is 8.78 Å². The Morgan fingerprint density at radius 1 is 1.13 bits per heavy atom. The quantitative estimate of drug-likeness (QED) is 0.552. The average molecular weight is 425 g/mol. The molecule has 1 saturated heterocycles. The highest BCUT2D eigenvalue weighted by Gasteiger charge is 2.19. The molecule has 2 aromatic carbocycles. The van der Waals surface area contributed by atoms with Gasteiger partial charge < -0.3 is 14.5 Å². The number of benzene rings is 2. The molecule has 1 aliphatic rings. The molecule has 0 saturated carbocycles. The number of ether oxygens (including phenoxy) is 1. The molecule has 0 atom stereocenters. The Morgan fingerprint density at radius 2 is 1.84 bits per heavy atom. The lowest BCUT2D eigenvalue weighted by Crippen LogP contribution is -2.35. The van der Waals surface area contributed by atoms with E-state index in [0.29, 0.717) is 23.3 Å². The summed E-state index contributed by atoms with van der Waals surface area (Å²) in [6.45, 7) is 0.837. The third kappa shape index (κ3) is 4.99. The second-order valence-corrected chi connectivity index (χ2v) is 7.75. The van der Waals surface area contributed by atoms with Gasteiger partial charge in [0.25, 0.3) is 5.91 Å². The Hall–Kier alpha value is -3.06. The molecule has 0 aliphatic carbocycles. The van der Waals surface area contributed by atoms with Gasteiger partial charge in [0.15, 0.2) is 0 Å². The zero-order valence-corrected chi connectivity index (χ0v) is 17.4. The first-order valence-corrected chi connectivity index (χ1v) is 10.4. The van der Waals surface area contributed by atoms with E-state index in [4.69, 9.17) is 0 Å². The second kappa shape index (κ2) is 9.39. The van der Waals surface area contributed by atoms with Crippen molar-refractivity contribution in [3.63, 3.8) is 0 Å². The van der Waals surface area contributed by atoms with Crippen LogP contribution in [0.3, 0.4) is 0 Å². The summed E-state index contributed by atoms with van der Waals surface area (Å²) in [5.74, 6) is 0.0224. The van der Waals surface area contributed by atoms with Crippen LogP contribution in [0.25, 0.3) is 22.2 Å². The third-order valence-electron chi connectivity index (χ3n) is 5.62. The van der Waals surface area contributed by atoms with Crippen LogP contribution in [-0.4, -0.2) is 60.5 Å². The number of carbonyl (C=O) groups is 1. The fourth-order valence-electron chi connectivity index (χ4n) is 3.91. The Morgan fingerprint density at radius 3 is 2.55 bits per heavy atom. The van der Waals surface area contributed by atoms with Crippen LogP contribution in [0.2, 0.25) is 0 Å². The molecule has 0 unspecified atom stereocenters. The summed E-state index contributed by atoms with van der Waals surface area (Å²) in [6.07, 6.45) is 2.44. The first kappa shape index (κ1) is 21.2. The number of carbonyl (C=O) groups excluding carboxylic acids is 1. The Labute approximate surface area is 180 Å². The molecule has 1 aliphatic heterocycles. The zero-order chi connectivity index (χ0) is 21.8. The highest BCUT2D eigenvalue weighted by Crippen LogP contribution is 2.27. The number of para-hydroxylation sites is 1. The number of halogens is 2. The predicted octanol–water partition coefficient (Wildman–Crippen LogP) is 4.67. The van der Waals surface area contributed by atoms with Crippen molar-refractivity contribution in [2.75, 3.05) is 33.2 Å². The van der Waals surface area contributed by atoms with Crippen molar-refractivity contribution < 1.29 is 18.3 Å². The number of likely N-dealkylation sites (N-methyl/N-ethyl adjacent to an activating group) is 1. The molecule has 1 amide bonds. The molecular weight excluding hydrogens is 400 g/mol. The molecule has 0 radical (unpaired) electrons. The van der Waals surface area contributed by atoms with E-state index in [1.165, 1.54) is 25.0 Å². The SMILES string of the molecule is CN(CCN1CCCC1)C(=O)c1cc(-c2ccc(OC(F)F)cc2)nc2ccccc12. The Bertz CT molecular complexity index is 1050. The van der Waals surface area contributed by atoms with Crippen molar-refractivity contribution in [1.82, 2.24) is 14.8 Å². The zero-order valence-electron chi connectivity index (χ0n) is 17.4. The van der Waals surface area contributed by atoms with Crippen LogP contribution in [0.15, 0.2) is 54.6 Å². The topological polar surface area (TPSA) is 45.7 Å². The van der Waals surface area contributed by atoms with Crippen LogP contribution in [0, 0.1) is 0 Å². The van der Waals surface area contributed by atoms with Gasteiger partial charge >= 0.3 is 6.61 Å². The molecular formula is C24H25F2N3O2. The van der Waals surface area contributed by atoms with Gasteiger partial charge in [0, 0.05) is 31.1 Å². The summed E-state index contributed by atoms with van der Waals surface area (Å²) in [7, 11) is 1.82. The summed E-state index contributed by atoms with van der Waals surface area (Å²) < 4.78 is 29.3. The van der Waals surface area contributed by atoms with E-state index in [-0.39, 0.29) is 11.7 Å². The van der Waals surface area contributed by atoms with E-state index in [1.54, 1.807) is 23.1 Å². The molecule has 2 heterocycles. The van der Waals surface area contributed by atoms with E-state index in [2.05, 4.69) is 14.6 Å². The lowest BCUT2D eigenvalue weighted by molar-refractivity contribution is -0.0498. The van der Waals surface area contributed by atoms with Crippen LogP contribution < -0.4 is 4.74 Å². The molecule has 3 aromatic rings. The lowest BCUT2D eigenvalue weighted by Gasteiger charge is -2.22. The number of amides is 1. The van der Waals surface area contributed by atoms with E-state index in [0.717, 1.165) is 30.6 Å². The minimum absolute atomic E-state index is 0.0586. The van der Waals surface area contributed by atoms with E-state index in [9.17, 15) is 13.6 Å². The number of fused-ring (bicyclic) bond motifs is 1. The van der Waals surface area contributed by atoms with Gasteiger partial charge in [0.1, 0.15) is 5.75 Å². The number of aromatic nitrogens is 1. The maximum atomic E-state index is 13.3. The van der Waals surface area contributed by atoms with Gasteiger partial charge in [0.2, 0.25) is 0 Å². The molecule has 31 heavy (non-hydrogen) atoms. The molecule has 1 aromatic heterocycles. The number of hydrogen-bond acceptors (Lipinski definition) is 4. The minimum atomic E-state index is -2.87. The second-order valence-electron chi connectivity index (χ2n) is 7.75. The van der Waals surface area contributed by atoms with Crippen LogP contribution in [0.5, 0.6) is 5.75 Å². The smallest absolute Gasteiger partial charge is 0.387 e. The molecule has 1 fully saturated rings. The monoisotopic (exact) mass is 425 g/mol. The number of rotatable bonds is 7. The molecule has 0 spiro atoms. The fraction of sp³-hybridized carbons (Fsp3) is 0.333. The number of nitrogens with zero attached hydrogens (tertiary/aromatic N) is 3. The summed E-state index contributed by atoms with van der Waals surface area (Å²) >= 11 is 0. The summed E-state index contributed by atoms with van der Waals surface area (Å²) in [5.41, 5.74) is 2.63. The van der Waals surface area contributed by atoms with Crippen LogP contribution in [0.4, 0.5) is 8.78 Å². The molecule has 0 N–H and O–H groups in total. The molecule has 4 rings (SSSR count). The van der Waals surface area contributed by atoms with E-state index >= 15 is 0 Å². The number of pyridine rings is 1. The summed E-state index contributed by atoms with van der Waals surface area (Å²) in [6, 6.07) is 15.6. The van der Waals surface area contributed by atoms with Gasteiger partial charge in [-0.15, -0.1) is 0 Å². The fourth-order valence-corrected chi connectivity index (χ4v) is 3.91. The van der Waals surface area contributed by atoms with Crippen molar-refractivity contribution in [1.29, 1.82) is 0 Å². The normalized spacial score (nSPS) is 14.3. The van der Waals surface area contributed by atoms with Crippen molar-refractivity contribution in [3.8, 4) is 17.0 Å². The van der Waals surface area contributed by atoms with Gasteiger partial charge in [-0.1, -0.05) is 18.2 Å². The number of hydrogen-bond donors (Lipinski definition) is 0. The molecule has 5 nitrogen and oxygen atoms in total. The standard InChI is InChI=1S/C24H25F2N3O2/c1-28(14-15-29-12-4-5-13-29)23(30)20-16-22(27-21-7-3-2-6-19(20)21)17-8-10-18(11-9-17)31-24(25)26/h2-3,6-11,16,24H,4-5,12-15H2,1H3. The van der Waals surface area contributed by atoms with Gasteiger partial charge in [-0.3, -0.25) is 4.79 Å². The molecule has 7 heteroatoms. The van der Waals surface area contributed by atoms with Crippen molar-refractivity contribution in [3.05, 3.63) is 60.2 Å². The van der Waals surface area contributed by atoms with E-state index < -0.39 is 6.61 Å². The maximum Gasteiger partial charge on any atom is 0.387 e. The van der Waals surface area contributed by atoms with Crippen molar-refractivity contribution >= 4 is 16.8 Å². The Kier molecular flexibility index (Phi) is 6.42. The van der Waals surface area contributed by atoms with Gasteiger partial charge in [0.05, 0.1) is 16.8 Å². The minimum Gasteiger partial charge on any atom is -0.435 e. The molecule has 0 bridgehead atoms. The largest absolute Gasteiger partial charge is 0.435 e. The molecule has 162 valence electrons. The number of likely N-dealkylation sites (tertiary alicyclic amines) is 1. The van der Waals surface area contributed by atoms with Crippen molar-refractivity contribution in [2.24, 2.45) is 0 Å². The van der Waals surface area contributed by atoms with Gasteiger partial charge in [-0.25, -0.2) is 4.98 Å². The first-order chi connectivity index (χ1) is 15.0. The third-order valence-corrected chi connectivity index (χ3v) is 5.62. The van der Waals surface area contributed by atoms with Gasteiger partial charge in [-0.05, 0) is 62.3 Å². The maximum absolute atomic E-state index is 13.3. The van der Waals surface area contributed by atoms with Crippen LogP contribution >= 0.6 is 0 Å². The van der Waals surface area contributed by atoms with Crippen LogP contribution in [0.1, 0.15) is 23.2 Å². The Balaban J connectivity index is 1.62. The first-order valence-electron chi connectivity index (χ1n) is 10.4.